The van der Waals surface area contributed by atoms with E-state index < -0.39 is 0 Å². The Bertz CT molecular complexity index is 706. The first-order valence-electron chi connectivity index (χ1n) is 8.61. The van der Waals surface area contributed by atoms with Gasteiger partial charge in [0.05, 0.1) is 25.3 Å². The molecule has 126 valence electrons. The van der Waals surface area contributed by atoms with Gasteiger partial charge in [-0.3, -0.25) is 4.79 Å². The molecule has 0 atom stereocenters. The number of carbonyl (C=O) groups is 1. The molecule has 1 aliphatic carbocycles. The summed E-state index contributed by atoms with van der Waals surface area (Å²) in [4.78, 5) is 14.6. The van der Waals surface area contributed by atoms with Crippen molar-refractivity contribution in [3.63, 3.8) is 0 Å². The summed E-state index contributed by atoms with van der Waals surface area (Å²) < 4.78 is 11.1. The molecule has 1 aromatic carbocycles. The van der Waals surface area contributed by atoms with Gasteiger partial charge in [0.25, 0.3) is 0 Å². The third-order valence-electron chi connectivity index (χ3n) is 5.16. The summed E-state index contributed by atoms with van der Waals surface area (Å²) in [5, 5.41) is 4.07. The van der Waals surface area contributed by atoms with Crippen LogP contribution in [-0.4, -0.2) is 42.3 Å². The Labute approximate surface area is 141 Å². The summed E-state index contributed by atoms with van der Waals surface area (Å²) in [6.45, 7) is 2.90. The Kier molecular flexibility index (Phi) is 4.10. The van der Waals surface area contributed by atoms with Gasteiger partial charge in [0.15, 0.2) is 5.76 Å². The van der Waals surface area contributed by atoms with Crippen LogP contribution in [0.5, 0.6) is 0 Å². The number of amides is 1. The molecular formula is C19H22N2O3. The maximum Gasteiger partial charge on any atom is 0.228 e. The van der Waals surface area contributed by atoms with Crippen LogP contribution in [0.3, 0.4) is 0 Å². The predicted octanol–water partition coefficient (Wildman–Crippen LogP) is 2.91. The van der Waals surface area contributed by atoms with Gasteiger partial charge in [0.2, 0.25) is 5.91 Å². The van der Waals surface area contributed by atoms with Crippen molar-refractivity contribution >= 4 is 5.91 Å². The van der Waals surface area contributed by atoms with Crippen LogP contribution in [0.4, 0.5) is 0 Å². The second-order valence-electron chi connectivity index (χ2n) is 6.95. The molecule has 2 heterocycles. The first-order valence-corrected chi connectivity index (χ1v) is 8.61. The average molecular weight is 326 g/mol. The lowest BCUT2D eigenvalue weighted by Crippen LogP contribution is -2.45. The van der Waals surface area contributed by atoms with Crippen molar-refractivity contribution in [3.8, 4) is 11.3 Å². The number of hydrogen-bond donors (Lipinski definition) is 0. The number of carbonyl (C=O) groups excluding carboxylic acids is 1. The summed E-state index contributed by atoms with van der Waals surface area (Å²) in [5.41, 5.74) is 1.86. The molecular weight excluding hydrogens is 304 g/mol. The van der Waals surface area contributed by atoms with Gasteiger partial charge < -0.3 is 14.2 Å². The molecule has 1 amide bonds. The molecule has 2 aromatic rings. The van der Waals surface area contributed by atoms with E-state index in [4.69, 9.17) is 9.26 Å². The zero-order valence-corrected chi connectivity index (χ0v) is 13.7. The smallest absolute Gasteiger partial charge is 0.228 e. The summed E-state index contributed by atoms with van der Waals surface area (Å²) in [7, 11) is 0. The molecule has 1 aliphatic heterocycles. The van der Waals surface area contributed by atoms with E-state index in [1.54, 1.807) is 0 Å². The molecule has 1 saturated heterocycles. The minimum Gasteiger partial charge on any atom is -0.379 e. The molecule has 5 nitrogen and oxygen atoms in total. The first-order chi connectivity index (χ1) is 11.7. The van der Waals surface area contributed by atoms with Crippen LogP contribution >= 0.6 is 0 Å². The fourth-order valence-corrected chi connectivity index (χ4v) is 3.59. The lowest BCUT2D eigenvalue weighted by molar-refractivity contribution is -0.132. The van der Waals surface area contributed by atoms with Gasteiger partial charge in [0.1, 0.15) is 0 Å². The third kappa shape index (κ3) is 3.08. The van der Waals surface area contributed by atoms with Gasteiger partial charge in [0, 0.05) is 30.1 Å². The van der Waals surface area contributed by atoms with Crippen molar-refractivity contribution in [3.05, 3.63) is 42.1 Å². The van der Waals surface area contributed by atoms with Crippen molar-refractivity contribution in [1.82, 2.24) is 10.1 Å². The van der Waals surface area contributed by atoms with Gasteiger partial charge in [-0.25, -0.2) is 0 Å². The predicted molar refractivity (Wildman–Crippen MR) is 89.3 cm³/mol. The number of nitrogens with zero attached hydrogens (tertiary/aromatic N) is 2. The van der Waals surface area contributed by atoms with E-state index in [1.807, 2.05) is 41.3 Å². The third-order valence-corrected chi connectivity index (χ3v) is 5.16. The lowest BCUT2D eigenvalue weighted by atomic mass is 9.69. The highest BCUT2D eigenvalue weighted by molar-refractivity contribution is 5.78. The monoisotopic (exact) mass is 326 g/mol. The molecule has 1 saturated carbocycles. The zero-order valence-electron chi connectivity index (χ0n) is 13.7. The van der Waals surface area contributed by atoms with Crippen LogP contribution in [0.2, 0.25) is 0 Å². The SMILES string of the molecule is O=C(Cc1cc(-c2ccccc2)on1)N1CCOCC2(CCC2)C1. The molecule has 1 aromatic heterocycles. The van der Waals surface area contributed by atoms with Gasteiger partial charge in [-0.05, 0) is 12.8 Å². The van der Waals surface area contributed by atoms with Gasteiger partial charge in [-0.1, -0.05) is 41.9 Å². The van der Waals surface area contributed by atoms with E-state index in [0.717, 1.165) is 18.7 Å². The Morgan fingerprint density at radius 1 is 1.25 bits per heavy atom. The van der Waals surface area contributed by atoms with Gasteiger partial charge >= 0.3 is 0 Å². The van der Waals surface area contributed by atoms with E-state index in [-0.39, 0.29) is 17.7 Å². The number of hydrogen-bond acceptors (Lipinski definition) is 4. The highest BCUT2D eigenvalue weighted by Gasteiger charge is 2.41. The largest absolute Gasteiger partial charge is 0.379 e. The second-order valence-corrected chi connectivity index (χ2v) is 6.95. The number of ether oxygens (including phenoxy) is 1. The van der Waals surface area contributed by atoms with Crippen LogP contribution in [0.1, 0.15) is 25.0 Å². The van der Waals surface area contributed by atoms with Gasteiger partial charge in [-0.2, -0.15) is 0 Å². The summed E-state index contributed by atoms with van der Waals surface area (Å²) >= 11 is 0. The van der Waals surface area contributed by atoms with E-state index in [2.05, 4.69) is 5.16 Å². The van der Waals surface area contributed by atoms with Crippen molar-refractivity contribution in [2.24, 2.45) is 5.41 Å². The fraction of sp³-hybridized carbons (Fsp3) is 0.474. The minimum atomic E-state index is 0.111. The number of rotatable bonds is 3. The maximum atomic E-state index is 12.7. The standard InChI is InChI=1S/C19H22N2O3/c22-18(21-9-10-23-14-19(13-21)7-4-8-19)12-16-11-17(24-20-16)15-5-2-1-3-6-15/h1-3,5-6,11H,4,7-10,12-14H2. The van der Waals surface area contributed by atoms with E-state index >= 15 is 0 Å². The van der Waals surface area contributed by atoms with E-state index in [9.17, 15) is 4.79 Å². The molecule has 0 N–H and O–H groups in total. The van der Waals surface area contributed by atoms with Crippen molar-refractivity contribution in [2.45, 2.75) is 25.7 Å². The quantitative estimate of drug-likeness (QED) is 0.870. The van der Waals surface area contributed by atoms with Crippen LogP contribution in [-0.2, 0) is 16.0 Å². The van der Waals surface area contributed by atoms with Gasteiger partial charge in [-0.15, -0.1) is 0 Å². The molecule has 0 bridgehead atoms. The van der Waals surface area contributed by atoms with Crippen LogP contribution < -0.4 is 0 Å². The van der Waals surface area contributed by atoms with E-state index in [1.165, 1.54) is 19.3 Å². The lowest BCUT2D eigenvalue weighted by Gasteiger charge is -2.42. The summed E-state index contributed by atoms with van der Waals surface area (Å²) in [6, 6.07) is 11.7. The highest BCUT2D eigenvalue weighted by atomic mass is 16.5. The molecule has 0 radical (unpaired) electrons. The average Bonchev–Trinajstić information content (AvgIpc) is 2.91. The number of benzene rings is 1. The molecule has 2 fully saturated rings. The second kappa shape index (κ2) is 6.40. The van der Waals surface area contributed by atoms with Crippen molar-refractivity contribution in [1.29, 1.82) is 0 Å². The number of aromatic nitrogens is 1. The summed E-state index contributed by atoms with van der Waals surface area (Å²) in [5.74, 6) is 0.813. The maximum absolute atomic E-state index is 12.7. The molecule has 0 unspecified atom stereocenters. The van der Waals surface area contributed by atoms with Crippen LogP contribution in [0.15, 0.2) is 40.9 Å². The Morgan fingerprint density at radius 3 is 2.83 bits per heavy atom. The topological polar surface area (TPSA) is 55.6 Å². The molecule has 1 spiro atoms. The van der Waals surface area contributed by atoms with E-state index in [0.29, 0.717) is 24.6 Å². The molecule has 4 rings (SSSR count). The normalized spacial score (nSPS) is 19.8. The molecule has 2 aliphatic rings. The Balaban J connectivity index is 1.43. The minimum absolute atomic E-state index is 0.111. The van der Waals surface area contributed by atoms with Crippen LogP contribution in [0, 0.1) is 5.41 Å². The first kappa shape index (κ1) is 15.4. The zero-order chi connectivity index (χ0) is 16.4. The summed E-state index contributed by atoms with van der Waals surface area (Å²) in [6.07, 6.45) is 3.86. The van der Waals surface area contributed by atoms with Crippen LogP contribution in [0.25, 0.3) is 11.3 Å². The Morgan fingerprint density at radius 2 is 2.08 bits per heavy atom. The molecule has 24 heavy (non-hydrogen) atoms. The Hall–Kier alpha value is -2.14. The van der Waals surface area contributed by atoms with Crippen molar-refractivity contribution < 1.29 is 14.1 Å². The highest BCUT2D eigenvalue weighted by Crippen LogP contribution is 2.42. The molecule has 5 heteroatoms. The fourth-order valence-electron chi connectivity index (χ4n) is 3.59. The van der Waals surface area contributed by atoms with Crippen molar-refractivity contribution in [2.75, 3.05) is 26.3 Å².